The Bertz CT molecular complexity index is 1270. The van der Waals surface area contributed by atoms with Crippen LogP contribution >= 0.6 is 11.6 Å². The average Bonchev–Trinajstić information content (AvgIpc) is 3.28. The molecule has 2 aliphatic rings. The van der Waals surface area contributed by atoms with Crippen molar-refractivity contribution in [1.29, 1.82) is 0 Å². The number of fused-ring (bicyclic) bond motifs is 2. The predicted octanol–water partition coefficient (Wildman–Crippen LogP) is 2.57. The number of carbonyl (C=O) groups excluding carboxylic acids is 2. The number of rotatable bonds is 3. The largest absolute Gasteiger partial charge is 0.325 e. The number of aromatic nitrogens is 4. The van der Waals surface area contributed by atoms with E-state index in [2.05, 4.69) is 10.2 Å². The van der Waals surface area contributed by atoms with Crippen LogP contribution in [0.3, 0.4) is 0 Å². The lowest BCUT2D eigenvalue weighted by molar-refractivity contribution is -0.122. The summed E-state index contributed by atoms with van der Waals surface area (Å²) in [6.07, 6.45) is 3.08. The number of likely N-dealkylation sites (N-methyl/N-ethyl adjacent to an activating group) is 1. The van der Waals surface area contributed by atoms with E-state index in [1.807, 2.05) is 7.05 Å². The third kappa shape index (κ3) is 3.40. The van der Waals surface area contributed by atoms with Crippen molar-refractivity contribution in [2.75, 3.05) is 18.5 Å². The number of amides is 2. The van der Waals surface area contributed by atoms with Crippen molar-refractivity contribution in [3.63, 3.8) is 0 Å². The van der Waals surface area contributed by atoms with Crippen molar-refractivity contribution in [2.45, 2.75) is 31.8 Å². The molecule has 0 saturated carbocycles. The maximum absolute atomic E-state index is 14.1. The summed E-state index contributed by atoms with van der Waals surface area (Å²) in [6, 6.07) is 2.94. The maximum Gasteiger partial charge on any atom is 0.275 e. The summed E-state index contributed by atoms with van der Waals surface area (Å²) in [7, 11) is 3.50. The molecule has 3 aromatic rings. The zero-order valence-electron chi connectivity index (χ0n) is 18.1. The first-order valence-corrected chi connectivity index (χ1v) is 10.9. The first kappa shape index (κ1) is 21.6. The van der Waals surface area contributed by atoms with E-state index in [1.165, 1.54) is 20.5 Å². The molecule has 0 saturated heterocycles. The standard InChI is InChI=1S/C22H21ClF2N6O2/c1-28-18-10-26-29(2)16(18)6-7-17(21(28)32)30-9-8-12-19(22(30)33)27-31(20(12)23)11-13-14(24)4-3-5-15(13)25/h3-5,10,17H,6-9,11H2,1-2H3. The van der Waals surface area contributed by atoms with Crippen molar-refractivity contribution in [3.05, 3.63) is 63.7 Å². The molecular weight excluding hydrogens is 454 g/mol. The zero-order valence-corrected chi connectivity index (χ0v) is 18.8. The molecule has 1 atom stereocenters. The van der Waals surface area contributed by atoms with Crippen LogP contribution in [-0.4, -0.2) is 55.9 Å². The van der Waals surface area contributed by atoms with E-state index in [1.54, 1.807) is 17.9 Å². The maximum atomic E-state index is 14.1. The number of halogens is 3. The minimum absolute atomic E-state index is 0.113. The van der Waals surface area contributed by atoms with Gasteiger partial charge in [-0.3, -0.25) is 14.3 Å². The summed E-state index contributed by atoms with van der Waals surface area (Å²) < 4.78 is 31.2. The SMILES string of the molecule is CN1C(=O)C(N2CCc3c(nn(Cc4c(F)cccc4F)c3Cl)C2=O)CCc2c1cnn2C. The Labute approximate surface area is 193 Å². The normalized spacial score (nSPS) is 18.4. The summed E-state index contributed by atoms with van der Waals surface area (Å²) in [5.41, 5.74) is 2.11. The second-order valence-corrected chi connectivity index (χ2v) is 8.63. The average molecular weight is 475 g/mol. The van der Waals surface area contributed by atoms with Gasteiger partial charge in [0.2, 0.25) is 5.91 Å². The molecule has 11 heteroatoms. The fraction of sp³-hybridized carbons (Fsp3) is 0.364. The molecule has 0 aliphatic carbocycles. The number of hydrogen-bond donors (Lipinski definition) is 0. The molecular formula is C22H21ClF2N6O2. The Balaban J connectivity index is 1.44. The van der Waals surface area contributed by atoms with E-state index in [4.69, 9.17) is 11.6 Å². The number of nitrogens with zero attached hydrogens (tertiary/aromatic N) is 6. The second kappa shape index (κ2) is 7.95. The first-order valence-electron chi connectivity index (χ1n) is 10.6. The number of benzene rings is 1. The predicted molar refractivity (Wildman–Crippen MR) is 116 cm³/mol. The van der Waals surface area contributed by atoms with Gasteiger partial charge in [0.1, 0.15) is 22.8 Å². The third-order valence-electron chi connectivity index (χ3n) is 6.47. The smallest absolute Gasteiger partial charge is 0.275 e. The van der Waals surface area contributed by atoms with E-state index < -0.39 is 23.6 Å². The van der Waals surface area contributed by atoms with E-state index >= 15 is 0 Å². The molecule has 172 valence electrons. The van der Waals surface area contributed by atoms with Crippen LogP contribution in [0.15, 0.2) is 24.4 Å². The van der Waals surface area contributed by atoms with Gasteiger partial charge in [0.05, 0.1) is 24.1 Å². The molecule has 1 aromatic carbocycles. The Morgan fingerprint density at radius 3 is 2.61 bits per heavy atom. The van der Waals surface area contributed by atoms with Crippen LogP contribution in [0.5, 0.6) is 0 Å². The molecule has 33 heavy (non-hydrogen) atoms. The molecule has 2 amide bonds. The van der Waals surface area contributed by atoms with Crippen LogP contribution in [0.2, 0.25) is 5.15 Å². The van der Waals surface area contributed by atoms with Crippen molar-refractivity contribution in [1.82, 2.24) is 24.5 Å². The minimum Gasteiger partial charge on any atom is -0.325 e. The topological polar surface area (TPSA) is 76.3 Å². The number of anilines is 1. The molecule has 4 heterocycles. The van der Waals surface area contributed by atoms with Crippen molar-refractivity contribution in [3.8, 4) is 0 Å². The number of carbonyl (C=O) groups is 2. The van der Waals surface area contributed by atoms with Gasteiger partial charge in [0.15, 0.2) is 5.69 Å². The highest BCUT2D eigenvalue weighted by Gasteiger charge is 2.40. The van der Waals surface area contributed by atoms with Crippen molar-refractivity contribution >= 4 is 29.1 Å². The van der Waals surface area contributed by atoms with Gasteiger partial charge in [-0.05, 0) is 31.4 Å². The molecule has 0 bridgehead atoms. The highest BCUT2D eigenvalue weighted by atomic mass is 35.5. The molecule has 0 N–H and O–H groups in total. The molecule has 0 radical (unpaired) electrons. The van der Waals surface area contributed by atoms with Gasteiger partial charge in [0.25, 0.3) is 5.91 Å². The first-order chi connectivity index (χ1) is 15.8. The quantitative estimate of drug-likeness (QED) is 0.584. The zero-order chi connectivity index (χ0) is 23.4. The van der Waals surface area contributed by atoms with Crippen molar-refractivity contribution < 1.29 is 18.4 Å². The van der Waals surface area contributed by atoms with Gasteiger partial charge in [0, 0.05) is 31.8 Å². The summed E-state index contributed by atoms with van der Waals surface area (Å²) in [5.74, 6) is -2.04. The van der Waals surface area contributed by atoms with E-state index in [0.29, 0.717) is 31.4 Å². The Kier molecular flexibility index (Phi) is 5.19. The van der Waals surface area contributed by atoms with E-state index in [-0.39, 0.29) is 28.9 Å². The van der Waals surface area contributed by atoms with Gasteiger partial charge in [-0.15, -0.1) is 0 Å². The molecule has 1 unspecified atom stereocenters. The fourth-order valence-corrected chi connectivity index (χ4v) is 4.91. The lowest BCUT2D eigenvalue weighted by Gasteiger charge is -2.33. The lowest BCUT2D eigenvalue weighted by Crippen LogP contribution is -2.52. The highest BCUT2D eigenvalue weighted by Crippen LogP contribution is 2.32. The molecule has 5 rings (SSSR count). The van der Waals surface area contributed by atoms with Gasteiger partial charge >= 0.3 is 0 Å². The van der Waals surface area contributed by atoms with Crippen LogP contribution in [0.4, 0.5) is 14.5 Å². The molecule has 8 nitrogen and oxygen atoms in total. The van der Waals surface area contributed by atoms with Gasteiger partial charge in [-0.1, -0.05) is 17.7 Å². The van der Waals surface area contributed by atoms with Crippen LogP contribution in [-0.2, 0) is 31.2 Å². The van der Waals surface area contributed by atoms with E-state index in [0.717, 1.165) is 23.5 Å². The highest BCUT2D eigenvalue weighted by molar-refractivity contribution is 6.31. The van der Waals surface area contributed by atoms with E-state index in [9.17, 15) is 18.4 Å². The summed E-state index contributed by atoms with van der Waals surface area (Å²) in [4.78, 5) is 29.7. The fourth-order valence-electron chi connectivity index (χ4n) is 4.63. The molecule has 0 spiro atoms. The Morgan fingerprint density at radius 1 is 1.15 bits per heavy atom. The molecule has 2 aromatic heterocycles. The van der Waals surface area contributed by atoms with Crippen LogP contribution in [0, 0.1) is 11.6 Å². The van der Waals surface area contributed by atoms with Gasteiger partial charge in [-0.2, -0.15) is 10.2 Å². The molecule has 2 aliphatic heterocycles. The number of aryl methyl sites for hydroxylation is 1. The number of hydrogen-bond acceptors (Lipinski definition) is 4. The second-order valence-electron chi connectivity index (χ2n) is 8.28. The van der Waals surface area contributed by atoms with Crippen LogP contribution < -0.4 is 4.90 Å². The monoisotopic (exact) mass is 474 g/mol. The minimum atomic E-state index is -0.714. The van der Waals surface area contributed by atoms with Crippen LogP contribution in [0.1, 0.15) is 33.7 Å². The van der Waals surface area contributed by atoms with Gasteiger partial charge in [-0.25, -0.2) is 13.5 Å². The van der Waals surface area contributed by atoms with Crippen molar-refractivity contribution in [2.24, 2.45) is 7.05 Å². The third-order valence-corrected chi connectivity index (χ3v) is 6.89. The lowest BCUT2D eigenvalue weighted by atomic mass is 10.0. The van der Waals surface area contributed by atoms with Crippen LogP contribution in [0.25, 0.3) is 0 Å². The molecule has 0 fully saturated rings. The Morgan fingerprint density at radius 2 is 1.88 bits per heavy atom. The summed E-state index contributed by atoms with van der Waals surface area (Å²) in [6.45, 7) is 0.0508. The Hall–Kier alpha value is -3.27. The summed E-state index contributed by atoms with van der Waals surface area (Å²) >= 11 is 6.44. The van der Waals surface area contributed by atoms with Gasteiger partial charge < -0.3 is 9.80 Å². The summed E-state index contributed by atoms with van der Waals surface area (Å²) in [5, 5.41) is 8.68.